The van der Waals surface area contributed by atoms with Crippen LogP contribution in [0.2, 0.25) is 0 Å². The van der Waals surface area contributed by atoms with E-state index >= 15 is 0 Å². The molecule has 5 heteroatoms. The number of hydrogen-bond donors (Lipinski definition) is 2. The minimum atomic E-state index is -1.07. The van der Waals surface area contributed by atoms with Crippen molar-refractivity contribution in [3.63, 3.8) is 0 Å². The van der Waals surface area contributed by atoms with Gasteiger partial charge in [0.05, 0.1) is 6.04 Å². The van der Waals surface area contributed by atoms with E-state index < -0.39 is 12.0 Å². The molecule has 0 aliphatic carbocycles. The summed E-state index contributed by atoms with van der Waals surface area (Å²) in [6.45, 7) is 3.27. The Kier molecular flexibility index (Phi) is 4.85. The average Bonchev–Trinajstić information content (AvgIpc) is 2.35. The van der Waals surface area contributed by atoms with Crippen molar-refractivity contribution in [3.05, 3.63) is 30.3 Å². The van der Waals surface area contributed by atoms with Gasteiger partial charge >= 0.3 is 5.97 Å². The van der Waals surface area contributed by atoms with E-state index in [1.54, 1.807) is 30.3 Å². The largest absolute Gasteiger partial charge is 0.480 e. The minimum Gasteiger partial charge on any atom is -0.480 e. The second-order valence-electron chi connectivity index (χ2n) is 4.42. The summed E-state index contributed by atoms with van der Waals surface area (Å²) in [6, 6.07) is 7.97. The number of carbonyl (C=O) groups is 2. The predicted octanol–water partition coefficient (Wildman–Crippen LogP) is 1.09. The number of amides is 1. The molecule has 1 rings (SSSR count). The molecule has 1 atom stereocenters. The molecule has 0 spiro atoms. The van der Waals surface area contributed by atoms with E-state index in [9.17, 15) is 9.59 Å². The third-order valence-corrected chi connectivity index (χ3v) is 2.63. The molecule has 1 amide bonds. The predicted molar refractivity (Wildman–Crippen MR) is 69.2 cm³/mol. The normalized spacial score (nSPS) is 12.2. The first-order chi connectivity index (χ1) is 8.43. The number of rotatable bonds is 5. The van der Waals surface area contributed by atoms with Gasteiger partial charge in [-0.2, -0.15) is 0 Å². The van der Waals surface area contributed by atoms with Crippen molar-refractivity contribution in [2.75, 3.05) is 11.4 Å². The zero-order valence-corrected chi connectivity index (χ0v) is 10.5. The number of hydrogen-bond acceptors (Lipinski definition) is 3. The standard InChI is InChI=1S/C13H18N2O3/c1-9(2)12(14)13(18)15(8-11(16)17)10-6-4-3-5-7-10/h3-7,9,12H,8,14H2,1-2H3,(H,16,17)/t12-/m1/s1. The van der Waals surface area contributed by atoms with Crippen LogP contribution in [0.15, 0.2) is 30.3 Å². The van der Waals surface area contributed by atoms with Crippen LogP contribution in [-0.4, -0.2) is 29.6 Å². The maximum atomic E-state index is 12.2. The number of nitrogens with two attached hydrogens (primary N) is 1. The van der Waals surface area contributed by atoms with Crippen LogP contribution in [0.4, 0.5) is 5.69 Å². The third-order valence-electron chi connectivity index (χ3n) is 2.63. The van der Waals surface area contributed by atoms with E-state index in [4.69, 9.17) is 10.8 Å². The smallest absolute Gasteiger partial charge is 0.323 e. The van der Waals surface area contributed by atoms with Crippen LogP contribution in [0, 0.1) is 5.92 Å². The van der Waals surface area contributed by atoms with Crippen molar-refractivity contribution in [3.8, 4) is 0 Å². The average molecular weight is 250 g/mol. The number of para-hydroxylation sites is 1. The van der Waals surface area contributed by atoms with E-state index in [2.05, 4.69) is 0 Å². The summed E-state index contributed by atoms with van der Waals surface area (Å²) in [5.41, 5.74) is 6.33. The van der Waals surface area contributed by atoms with Crippen molar-refractivity contribution in [1.29, 1.82) is 0 Å². The molecule has 0 unspecified atom stereocenters. The molecule has 5 nitrogen and oxygen atoms in total. The molecule has 0 aliphatic rings. The van der Waals surface area contributed by atoms with Gasteiger partial charge in [-0.1, -0.05) is 32.0 Å². The van der Waals surface area contributed by atoms with Gasteiger partial charge < -0.3 is 10.8 Å². The maximum Gasteiger partial charge on any atom is 0.323 e. The molecule has 0 saturated heterocycles. The topological polar surface area (TPSA) is 83.6 Å². The molecule has 18 heavy (non-hydrogen) atoms. The zero-order valence-electron chi connectivity index (χ0n) is 10.5. The zero-order chi connectivity index (χ0) is 13.7. The number of carbonyl (C=O) groups excluding carboxylic acids is 1. The molecule has 98 valence electrons. The molecule has 0 aliphatic heterocycles. The van der Waals surface area contributed by atoms with Gasteiger partial charge in [0.2, 0.25) is 5.91 Å². The van der Waals surface area contributed by atoms with Crippen LogP contribution >= 0.6 is 0 Å². The molecule has 0 aromatic heterocycles. The molecular formula is C13H18N2O3. The quantitative estimate of drug-likeness (QED) is 0.819. The molecule has 0 bridgehead atoms. The van der Waals surface area contributed by atoms with Gasteiger partial charge in [0, 0.05) is 5.69 Å². The number of carboxylic acid groups (broad SMARTS) is 1. The Hall–Kier alpha value is -1.88. The van der Waals surface area contributed by atoms with Crippen LogP contribution < -0.4 is 10.6 Å². The summed E-state index contributed by atoms with van der Waals surface area (Å²) >= 11 is 0. The summed E-state index contributed by atoms with van der Waals surface area (Å²) in [5, 5.41) is 8.88. The van der Waals surface area contributed by atoms with Gasteiger partial charge in [-0.15, -0.1) is 0 Å². The van der Waals surface area contributed by atoms with Gasteiger partial charge in [-0.05, 0) is 18.1 Å². The highest BCUT2D eigenvalue weighted by Crippen LogP contribution is 2.15. The monoisotopic (exact) mass is 250 g/mol. The van der Waals surface area contributed by atoms with Crippen LogP contribution in [0.25, 0.3) is 0 Å². The number of anilines is 1. The van der Waals surface area contributed by atoms with E-state index in [0.29, 0.717) is 5.69 Å². The highest BCUT2D eigenvalue weighted by atomic mass is 16.4. The lowest BCUT2D eigenvalue weighted by Gasteiger charge is -2.25. The number of benzene rings is 1. The Morgan fingerprint density at radius 2 is 1.83 bits per heavy atom. The fraction of sp³-hybridized carbons (Fsp3) is 0.385. The van der Waals surface area contributed by atoms with Crippen LogP contribution in [-0.2, 0) is 9.59 Å². The summed E-state index contributed by atoms with van der Waals surface area (Å²) in [5.74, 6) is -1.49. The maximum absolute atomic E-state index is 12.2. The fourth-order valence-electron chi connectivity index (χ4n) is 1.50. The molecule has 0 radical (unpaired) electrons. The second-order valence-corrected chi connectivity index (χ2v) is 4.42. The van der Waals surface area contributed by atoms with E-state index in [-0.39, 0.29) is 18.4 Å². The van der Waals surface area contributed by atoms with Gasteiger partial charge in [-0.3, -0.25) is 14.5 Å². The van der Waals surface area contributed by atoms with E-state index in [1.165, 1.54) is 4.90 Å². The molecule has 0 heterocycles. The molecule has 3 N–H and O–H groups in total. The minimum absolute atomic E-state index is 0.0440. The molecular weight excluding hydrogens is 232 g/mol. The Balaban J connectivity index is 2.99. The Morgan fingerprint density at radius 3 is 2.28 bits per heavy atom. The van der Waals surface area contributed by atoms with Gasteiger partial charge in [0.15, 0.2) is 0 Å². The van der Waals surface area contributed by atoms with Gasteiger partial charge in [0.1, 0.15) is 6.54 Å². The first-order valence-corrected chi connectivity index (χ1v) is 5.77. The highest BCUT2D eigenvalue weighted by Gasteiger charge is 2.26. The molecule has 1 aromatic carbocycles. The molecule has 1 aromatic rings. The fourth-order valence-corrected chi connectivity index (χ4v) is 1.50. The van der Waals surface area contributed by atoms with E-state index in [0.717, 1.165) is 0 Å². The van der Waals surface area contributed by atoms with Crippen LogP contribution in [0.5, 0.6) is 0 Å². The Labute approximate surface area is 106 Å². The summed E-state index contributed by atoms with van der Waals surface area (Å²) in [4.78, 5) is 24.2. The molecule has 0 saturated carbocycles. The SMILES string of the molecule is CC(C)[C@@H](N)C(=O)N(CC(=O)O)c1ccccc1. The van der Waals surface area contributed by atoms with Gasteiger partial charge in [0.25, 0.3) is 0 Å². The lowest BCUT2D eigenvalue weighted by Crippen LogP contribution is -2.48. The van der Waals surface area contributed by atoms with Crippen LogP contribution in [0.3, 0.4) is 0 Å². The lowest BCUT2D eigenvalue weighted by molar-refractivity contribution is -0.136. The first kappa shape index (κ1) is 14.2. The summed E-state index contributed by atoms with van der Waals surface area (Å²) in [6.07, 6.45) is 0. The van der Waals surface area contributed by atoms with Crippen molar-refractivity contribution in [2.24, 2.45) is 11.7 Å². The Morgan fingerprint density at radius 1 is 1.28 bits per heavy atom. The van der Waals surface area contributed by atoms with Crippen molar-refractivity contribution in [1.82, 2.24) is 0 Å². The van der Waals surface area contributed by atoms with E-state index in [1.807, 2.05) is 13.8 Å². The van der Waals surface area contributed by atoms with Gasteiger partial charge in [-0.25, -0.2) is 0 Å². The molecule has 0 fully saturated rings. The number of carboxylic acids is 1. The first-order valence-electron chi connectivity index (χ1n) is 5.77. The van der Waals surface area contributed by atoms with Crippen LogP contribution in [0.1, 0.15) is 13.8 Å². The third kappa shape index (κ3) is 3.56. The van der Waals surface area contributed by atoms with Crippen molar-refractivity contribution in [2.45, 2.75) is 19.9 Å². The lowest BCUT2D eigenvalue weighted by atomic mass is 10.0. The Bertz CT molecular complexity index is 418. The summed E-state index contributed by atoms with van der Waals surface area (Å²) in [7, 11) is 0. The second kappa shape index (κ2) is 6.16. The number of aliphatic carboxylic acids is 1. The number of nitrogens with zero attached hydrogens (tertiary/aromatic N) is 1. The van der Waals surface area contributed by atoms with Crippen molar-refractivity contribution >= 4 is 17.6 Å². The van der Waals surface area contributed by atoms with Crippen molar-refractivity contribution < 1.29 is 14.7 Å². The highest BCUT2D eigenvalue weighted by molar-refractivity contribution is 6.00. The summed E-state index contributed by atoms with van der Waals surface area (Å²) < 4.78 is 0.